The predicted molar refractivity (Wildman–Crippen MR) is 77.3 cm³/mol. The third kappa shape index (κ3) is 1.94. The van der Waals surface area contributed by atoms with Gasteiger partial charge < -0.3 is 14.8 Å². The summed E-state index contributed by atoms with van der Waals surface area (Å²) in [5.74, 6) is 2.40. The maximum absolute atomic E-state index is 5.43. The van der Waals surface area contributed by atoms with Crippen molar-refractivity contribution in [2.75, 3.05) is 12.1 Å². The summed E-state index contributed by atoms with van der Waals surface area (Å²) in [6.45, 7) is 0.994. The minimum atomic E-state index is 0.280. The largest absolute Gasteiger partial charge is 0.454 e. The molecule has 0 bridgehead atoms. The van der Waals surface area contributed by atoms with Crippen molar-refractivity contribution in [3.05, 3.63) is 41.0 Å². The Bertz CT molecular complexity index is 758. The number of anilines is 1. The van der Waals surface area contributed by atoms with Crippen LogP contribution in [0.2, 0.25) is 0 Å². The first kappa shape index (κ1) is 11.5. The molecule has 4 rings (SSSR count). The second kappa shape index (κ2) is 4.64. The molecule has 0 saturated carbocycles. The Kier molecular flexibility index (Phi) is 2.67. The quantitative estimate of drug-likeness (QED) is 0.801. The van der Waals surface area contributed by atoms with E-state index in [0.717, 1.165) is 28.1 Å². The standard InChI is InChI=1S/C14H11N3O2S/c1-2-16-14(17-6-10-5-15-7-20-10)11-4-13-12(3-9(1)11)18-8-19-13/h1-5,7H,6,8H2,(H,16,17). The molecule has 1 aromatic carbocycles. The van der Waals surface area contributed by atoms with Gasteiger partial charge in [0, 0.05) is 22.7 Å². The number of ether oxygens (including phenoxy) is 2. The number of nitrogens with zero attached hydrogens (tertiary/aromatic N) is 2. The van der Waals surface area contributed by atoms with Crippen LogP contribution >= 0.6 is 11.3 Å². The fourth-order valence-corrected chi connectivity index (χ4v) is 2.74. The highest BCUT2D eigenvalue weighted by atomic mass is 32.1. The Morgan fingerprint density at radius 3 is 3.00 bits per heavy atom. The maximum Gasteiger partial charge on any atom is 0.231 e. The molecule has 2 aromatic heterocycles. The van der Waals surface area contributed by atoms with Crippen molar-refractivity contribution in [3.63, 3.8) is 0 Å². The van der Waals surface area contributed by atoms with E-state index >= 15 is 0 Å². The Balaban J connectivity index is 1.71. The van der Waals surface area contributed by atoms with Crippen LogP contribution in [0.15, 0.2) is 36.1 Å². The lowest BCUT2D eigenvalue weighted by Crippen LogP contribution is -2.00. The van der Waals surface area contributed by atoms with Gasteiger partial charge in [0.1, 0.15) is 5.82 Å². The van der Waals surface area contributed by atoms with Gasteiger partial charge in [0.15, 0.2) is 11.5 Å². The molecular weight excluding hydrogens is 274 g/mol. The van der Waals surface area contributed by atoms with Crippen LogP contribution in [0.4, 0.5) is 5.82 Å². The summed E-state index contributed by atoms with van der Waals surface area (Å²) < 4.78 is 10.8. The van der Waals surface area contributed by atoms with E-state index in [1.54, 1.807) is 17.5 Å². The molecule has 3 heterocycles. The number of rotatable bonds is 3. The lowest BCUT2D eigenvalue weighted by Gasteiger charge is -2.08. The second-order valence-electron chi connectivity index (χ2n) is 4.41. The zero-order valence-electron chi connectivity index (χ0n) is 10.5. The number of hydrogen-bond donors (Lipinski definition) is 1. The first-order valence-electron chi connectivity index (χ1n) is 6.20. The first-order chi connectivity index (χ1) is 9.90. The zero-order valence-corrected chi connectivity index (χ0v) is 11.3. The highest BCUT2D eigenvalue weighted by molar-refractivity contribution is 7.09. The number of thiazole rings is 1. The third-order valence-corrected chi connectivity index (χ3v) is 3.95. The van der Waals surface area contributed by atoms with Crippen LogP contribution in [0.5, 0.6) is 11.5 Å². The molecular formula is C14H11N3O2S. The van der Waals surface area contributed by atoms with Gasteiger partial charge in [-0.3, -0.25) is 4.98 Å². The highest BCUT2D eigenvalue weighted by Crippen LogP contribution is 2.37. The van der Waals surface area contributed by atoms with E-state index in [9.17, 15) is 0 Å². The molecule has 1 aliphatic heterocycles. The van der Waals surface area contributed by atoms with Crippen molar-refractivity contribution >= 4 is 27.9 Å². The molecule has 20 heavy (non-hydrogen) atoms. The normalized spacial score (nSPS) is 12.8. The van der Waals surface area contributed by atoms with Crippen molar-refractivity contribution < 1.29 is 9.47 Å². The van der Waals surface area contributed by atoms with Crippen molar-refractivity contribution in [2.45, 2.75) is 6.54 Å². The van der Waals surface area contributed by atoms with E-state index in [2.05, 4.69) is 15.3 Å². The van der Waals surface area contributed by atoms with E-state index in [1.807, 2.05) is 29.9 Å². The summed E-state index contributed by atoms with van der Waals surface area (Å²) in [6.07, 6.45) is 3.65. The summed E-state index contributed by atoms with van der Waals surface area (Å²) in [5.41, 5.74) is 1.82. The molecule has 0 spiro atoms. The van der Waals surface area contributed by atoms with Crippen LogP contribution in [-0.2, 0) is 6.54 Å². The van der Waals surface area contributed by atoms with Crippen LogP contribution in [0, 0.1) is 0 Å². The van der Waals surface area contributed by atoms with E-state index in [-0.39, 0.29) is 6.79 Å². The average Bonchev–Trinajstić information content (AvgIpc) is 3.13. The van der Waals surface area contributed by atoms with Gasteiger partial charge >= 0.3 is 0 Å². The Morgan fingerprint density at radius 1 is 1.25 bits per heavy atom. The second-order valence-corrected chi connectivity index (χ2v) is 5.38. The number of benzene rings is 1. The summed E-state index contributed by atoms with van der Waals surface area (Å²) >= 11 is 1.62. The van der Waals surface area contributed by atoms with Crippen molar-refractivity contribution in [1.82, 2.24) is 9.97 Å². The summed E-state index contributed by atoms with van der Waals surface area (Å²) in [5, 5.41) is 5.45. The number of aromatic nitrogens is 2. The van der Waals surface area contributed by atoms with Gasteiger partial charge in [-0.25, -0.2) is 4.98 Å². The number of fused-ring (bicyclic) bond motifs is 2. The minimum Gasteiger partial charge on any atom is -0.454 e. The van der Waals surface area contributed by atoms with Gasteiger partial charge in [-0.2, -0.15) is 0 Å². The fourth-order valence-electron chi connectivity index (χ4n) is 2.20. The molecule has 0 aliphatic carbocycles. The first-order valence-corrected chi connectivity index (χ1v) is 7.08. The van der Waals surface area contributed by atoms with Crippen LogP contribution in [-0.4, -0.2) is 16.8 Å². The molecule has 0 fully saturated rings. The molecule has 0 radical (unpaired) electrons. The van der Waals surface area contributed by atoms with Crippen molar-refractivity contribution in [2.24, 2.45) is 0 Å². The summed E-state index contributed by atoms with van der Waals surface area (Å²) in [7, 11) is 0. The highest BCUT2D eigenvalue weighted by Gasteiger charge is 2.15. The smallest absolute Gasteiger partial charge is 0.231 e. The molecule has 5 nitrogen and oxygen atoms in total. The summed E-state index contributed by atoms with van der Waals surface area (Å²) in [6, 6.07) is 5.92. The van der Waals surface area contributed by atoms with Crippen LogP contribution in [0.25, 0.3) is 10.8 Å². The number of pyridine rings is 1. The monoisotopic (exact) mass is 285 g/mol. The molecule has 1 aliphatic rings. The Labute approximate surface area is 119 Å². The van der Waals surface area contributed by atoms with Crippen molar-refractivity contribution in [3.8, 4) is 11.5 Å². The van der Waals surface area contributed by atoms with Gasteiger partial charge in [-0.05, 0) is 23.6 Å². The molecule has 1 N–H and O–H groups in total. The minimum absolute atomic E-state index is 0.280. The lowest BCUT2D eigenvalue weighted by atomic mass is 10.1. The Morgan fingerprint density at radius 2 is 2.15 bits per heavy atom. The lowest BCUT2D eigenvalue weighted by molar-refractivity contribution is 0.174. The topological polar surface area (TPSA) is 56.3 Å². The van der Waals surface area contributed by atoms with Gasteiger partial charge in [0.05, 0.1) is 12.1 Å². The Hall–Kier alpha value is -2.34. The van der Waals surface area contributed by atoms with Gasteiger partial charge in [-0.15, -0.1) is 11.3 Å². The summed E-state index contributed by atoms with van der Waals surface area (Å²) in [4.78, 5) is 9.65. The molecule has 100 valence electrons. The molecule has 3 aromatic rings. The van der Waals surface area contributed by atoms with Crippen LogP contribution < -0.4 is 14.8 Å². The molecule has 6 heteroatoms. The number of hydrogen-bond acceptors (Lipinski definition) is 6. The molecule has 0 atom stereocenters. The average molecular weight is 285 g/mol. The van der Waals surface area contributed by atoms with Gasteiger partial charge in [-0.1, -0.05) is 0 Å². The van der Waals surface area contributed by atoms with Crippen LogP contribution in [0.3, 0.4) is 0 Å². The van der Waals surface area contributed by atoms with Gasteiger partial charge in [0.2, 0.25) is 6.79 Å². The van der Waals surface area contributed by atoms with E-state index < -0.39 is 0 Å². The third-order valence-electron chi connectivity index (χ3n) is 3.17. The zero-order chi connectivity index (χ0) is 13.4. The van der Waals surface area contributed by atoms with Crippen molar-refractivity contribution in [1.29, 1.82) is 0 Å². The van der Waals surface area contributed by atoms with E-state index in [1.165, 1.54) is 4.88 Å². The maximum atomic E-state index is 5.43. The van der Waals surface area contributed by atoms with Crippen LogP contribution in [0.1, 0.15) is 4.88 Å². The predicted octanol–water partition coefficient (Wildman–Crippen LogP) is 3.03. The molecule has 0 saturated heterocycles. The van der Waals surface area contributed by atoms with E-state index in [0.29, 0.717) is 6.54 Å². The molecule has 0 amide bonds. The SMILES string of the molecule is c1cc2cc3c(cc2c(NCc2cncs2)n1)OCO3. The molecule has 0 unspecified atom stereocenters. The fraction of sp³-hybridized carbons (Fsp3) is 0.143. The van der Waals surface area contributed by atoms with Gasteiger partial charge in [0.25, 0.3) is 0 Å². The van der Waals surface area contributed by atoms with E-state index in [4.69, 9.17) is 9.47 Å². The number of nitrogens with one attached hydrogen (secondary N) is 1.